The molecule has 0 fully saturated rings. The molecule has 0 aliphatic heterocycles. The Bertz CT molecular complexity index is 329. The molecule has 1 heteroatoms. The molecule has 1 nitrogen and oxygen atoms in total. The van der Waals surface area contributed by atoms with Crippen LogP contribution in [0.4, 0.5) is 5.69 Å². The summed E-state index contributed by atoms with van der Waals surface area (Å²) in [6.45, 7) is 6.74. The van der Waals surface area contributed by atoms with Gasteiger partial charge in [-0.1, -0.05) is 57.0 Å². The fraction of sp³-hybridized carbons (Fsp3) is 0.529. The van der Waals surface area contributed by atoms with Crippen LogP contribution in [0.3, 0.4) is 0 Å². The third-order valence-electron chi connectivity index (χ3n) is 3.29. The minimum absolute atomic E-state index is 0.392. The maximum Gasteiger partial charge on any atom is 0.0416 e. The van der Waals surface area contributed by atoms with E-state index in [1.807, 2.05) is 6.07 Å². The molecule has 100 valence electrons. The molecule has 0 amide bonds. The van der Waals surface area contributed by atoms with Crippen LogP contribution in [-0.2, 0) is 0 Å². The highest BCUT2D eigenvalue weighted by atomic mass is 14.9. The second-order valence-corrected chi connectivity index (χ2v) is 4.99. The Morgan fingerprint density at radius 3 is 2.44 bits per heavy atom. The molecule has 0 spiro atoms. The van der Waals surface area contributed by atoms with Crippen LogP contribution >= 0.6 is 0 Å². The van der Waals surface area contributed by atoms with Crippen LogP contribution in [-0.4, -0.2) is 6.04 Å². The quantitative estimate of drug-likeness (QED) is 0.616. The van der Waals surface area contributed by atoms with Gasteiger partial charge in [-0.3, -0.25) is 0 Å². The molecule has 0 aliphatic rings. The van der Waals surface area contributed by atoms with Gasteiger partial charge in [0.25, 0.3) is 0 Å². The Hall–Kier alpha value is -1.24. The maximum atomic E-state index is 3.49. The fourth-order valence-corrected chi connectivity index (χ4v) is 2.07. The smallest absolute Gasteiger partial charge is 0.0416 e. The Balaban J connectivity index is 2.40. The van der Waals surface area contributed by atoms with Gasteiger partial charge in [-0.25, -0.2) is 0 Å². The second-order valence-electron chi connectivity index (χ2n) is 4.99. The van der Waals surface area contributed by atoms with Crippen molar-refractivity contribution in [2.75, 3.05) is 5.32 Å². The predicted molar refractivity (Wildman–Crippen MR) is 82.0 cm³/mol. The summed E-state index contributed by atoms with van der Waals surface area (Å²) in [5.74, 6) is 0.741. The van der Waals surface area contributed by atoms with E-state index in [1.165, 1.54) is 31.4 Å². The first-order valence-electron chi connectivity index (χ1n) is 7.26. The van der Waals surface area contributed by atoms with Crippen molar-refractivity contribution in [2.45, 2.75) is 52.5 Å². The molecule has 1 aromatic rings. The van der Waals surface area contributed by atoms with E-state index in [9.17, 15) is 0 Å². The summed E-state index contributed by atoms with van der Waals surface area (Å²) in [5, 5.41) is 3.49. The van der Waals surface area contributed by atoms with Crippen molar-refractivity contribution < 1.29 is 0 Å². The van der Waals surface area contributed by atoms with Crippen molar-refractivity contribution in [3.8, 4) is 0 Å². The number of allylic oxidation sites excluding steroid dienone is 1. The van der Waals surface area contributed by atoms with Crippen molar-refractivity contribution in [1.82, 2.24) is 0 Å². The van der Waals surface area contributed by atoms with Crippen LogP contribution in [0, 0.1) is 5.92 Å². The van der Waals surface area contributed by atoms with Gasteiger partial charge in [0.05, 0.1) is 0 Å². The monoisotopic (exact) mass is 245 g/mol. The minimum Gasteiger partial charge on any atom is -0.379 e. The van der Waals surface area contributed by atoms with E-state index < -0.39 is 0 Å². The first-order chi connectivity index (χ1) is 8.76. The molecule has 0 heterocycles. The van der Waals surface area contributed by atoms with Gasteiger partial charge in [0.15, 0.2) is 0 Å². The molecule has 1 N–H and O–H groups in total. The van der Waals surface area contributed by atoms with Crippen LogP contribution in [0.5, 0.6) is 0 Å². The predicted octanol–water partition coefficient (Wildman–Crippen LogP) is 5.26. The lowest BCUT2D eigenvalue weighted by Gasteiger charge is -2.13. The normalized spacial score (nSPS) is 14.6. The highest BCUT2D eigenvalue weighted by molar-refractivity contribution is 5.44. The molecule has 2 unspecified atom stereocenters. The molecule has 1 rings (SSSR count). The maximum absolute atomic E-state index is 3.49. The van der Waals surface area contributed by atoms with Gasteiger partial charge in [0, 0.05) is 11.7 Å². The lowest BCUT2D eigenvalue weighted by molar-refractivity contribution is 0.538. The Kier molecular flexibility index (Phi) is 7.24. The molecule has 2 atom stereocenters. The number of hydrogen-bond acceptors (Lipinski definition) is 1. The molecular formula is C17H27N. The zero-order valence-electron chi connectivity index (χ0n) is 12.0. The van der Waals surface area contributed by atoms with Gasteiger partial charge in [-0.15, -0.1) is 0 Å². The van der Waals surface area contributed by atoms with E-state index in [0.29, 0.717) is 6.04 Å². The van der Waals surface area contributed by atoms with Crippen LogP contribution in [0.25, 0.3) is 0 Å². The Morgan fingerprint density at radius 1 is 1.11 bits per heavy atom. The van der Waals surface area contributed by atoms with Gasteiger partial charge in [0.2, 0.25) is 0 Å². The average molecular weight is 245 g/mol. The standard InChI is InChI=1S/C17H27N/c1-4-6-10-16(5-2)14-13-15(3)18-17-11-8-7-9-12-17/h7-9,11-16,18H,4-6,10H2,1-3H3/b14-13+. The number of hydrogen-bond donors (Lipinski definition) is 1. The van der Waals surface area contributed by atoms with Gasteiger partial charge in [-0.05, 0) is 37.8 Å². The highest BCUT2D eigenvalue weighted by Crippen LogP contribution is 2.15. The molecule has 0 aliphatic carbocycles. The molecule has 0 bridgehead atoms. The van der Waals surface area contributed by atoms with E-state index >= 15 is 0 Å². The number of rotatable bonds is 8. The molecular weight excluding hydrogens is 218 g/mol. The van der Waals surface area contributed by atoms with Crippen LogP contribution in [0.2, 0.25) is 0 Å². The van der Waals surface area contributed by atoms with Crippen molar-refractivity contribution in [3.05, 3.63) is 42.5 Å². The van der Waals surface area contributed by atoms with Gasteiger partial charge in [0.1, 0.15) is 0 Å². The first-order valence-corrected chi connectivity index (χ1v) is 7.26. The van der Waals surface area contributed by atoms with Crippen LogP contribution in [0.1, 0.15) is 46.5 Å². The number of nitrogens with one attached hydrogen (secondary N) is 1. The molecule has 0 aromatic heterocycles. The zero-order chi connectivity index (χ0) is 13.2. The van der Waals surface area contributed by atoms with E-state index in [2.05, 4.69) is 62.5 Å². The van der Waals surface area contributed by atoms with Crippen LogP contribution in [0.15, 0.2) is 42.5 Å². The molecule has 0 saturated carbocycles. The van der Waals surface area contributed by atoms with Crippen molar-refractivity contribution in [2.24, 2.45) is 5.92 Å². The van der Waals surface area contributed by atoms with E-state index in [1.54, 1.807) is 0 Å². The largest absolute Gasteiger partial charge is 0.379 e. The molecule has 1 aromatic carbocycles. The number of para-hydroxylation sites is 1. The first kappa shape index (κ1) is 14.8. The summed E-state index contributed by atoms with van der Waals surface area (Å²) in [7, 11) is 0. The van der Waals surface area contributed by atoms with Gasteiger partial charge in [-0.2, -0.15) is 0 Å². The molecule has 0 saturated heterocycles. The Labute approximate surface area is 112 Å². The SMILES string of the molecule is CCCCC(/C=C/C(C)Nc1ccccc1)CC. The topological polar surface area (TPSA) is 12.0 Å². The van der Waals surface area contributed by atoms with Crippen molar-refractivity contribution in [1.29, 1.82) is 0 Å². The third kappa shape index (κ3) is 5.90. The summed E-state index contributed by atoms with van der Waals surface area (Å²) in [5.41, 5.74) is 1.19. The van der Waals surface area contributed by atoms with E-state index in [-0.39, 0.29) is 0 Å². The van der Waals surface area contributed by atoms with E-state index in [4.69, 9.17) is 0 Å². The fourth-order valence-electron chi connectivity index (χ4n) is 2.07. The van der Waals surface area contributed by atoms with Gasteiger partial charge >= 0.3 is 0 Å². The van der Waals surface area contributed by atoms with Crippen molar-refractivity contribution in [3.63, 3.8) is 0 Å². The number of unbranched alkanes of at least 4 members (excludes halogenated alkanes) is 1. The summed E-state index contributed by atoms with van der Waals surface area (Å²) < 4.78 is 0. The van der Waals surface area contributed by atoms with Gasteiger partial charge < -0.3 is 5.32 Å². The highest BCUT2D eigenvalue weighted by Gasteiger charge is 2.02. The third-order valence-corrected chi connectivity index (χ3v) is 3.29. The average Bonchev–Trinajstić information content (AvgIpc) is 2.40. The van der Waals surface area contributed by atoms with E-state index in [0.717, 1.165) is 5.92 Å². The molecule has 18 heavy (non-hydrogen) atoms. The zero-order valence-corrected chi connectivity index (χ0v) is 12.0. The lowest BCUT2D eigenvalue weighted by Crippen LogP contribution is -2.12. The second kappa shape index (κ2) is 8.79. The lowest BCUT2D eigenvalue weighted by atomic mass is 9.98. The Morgan fingerprint density at radius 2 is 1.83 bits per heavy atom. The number of anilines is 1. The van der Waals surface area contributed by atoms with Crippen molar-refractivity contribution >= 4 is 5.69 Å². The number of benzene rings is 1. The molecule has 0 radical (unpaired) electrons. The summed E-state index contributed by atoms with van der Waals surface area (Å²) in [4.78, 5) is 0. The van der Waals surface area contributed by atoms with Crippen LogP contribution < -0.4 is 5.32 Å². The summed E-state index contributed by atoms with van der Waals surface area (Å²) in [6.07, 6.45) is 9.88. The summed E-state index contributed by atoms with van der Waals surface area (Å²) >= 11 is 0. The summed E-state index contributed by atoms with van der Waals surface area (Å²) in [6, 6.07) is 10.8. The minimum atomic E-state index is 0.392.